The van der Waals surface area contributed by atoms with Crippen LogP contribution in [0.4, 0.5) is 0 Å². The Morgan fingerprint density at radius 3 is 2.83 bits per heavy atom. The third kappa shape index (κ3) is 7.31. The maximum Gasteiger partial charge on any atom is 0.119 e. The minimum atomic E-state index is -0.485. The van der Waals surface area contributed by atoms with Gasteiger partial charge in [0, 0.05) is 19.7 Å². The lowest BCUT2D eigenvalue weighted by molar-refractivity contribution is -0.0239. The van der Waals surface area contributed by atoms with Crippen molar-refractivity contribution in [2.24, 2.45) is 0 Å². The van der Waals surface area contributed by atoms with Gasteiger partial charge in [0.05, 0.1) is 25.4 Å². The number of benzene rings is 1. The number of ether oxygens (including phenoxy) is 3. The molecule has 1 aromatic rings. The number of nitrogens with zero attached hydrogens (tertiary/aromatic N) is 1. The minimum Gasteiger partial charge on any atom is -0.492 e. The van der Waals surface area contributed by atoms with E-state index in [2.05, 4.69) is 6.92 Å². The number of hydrogen-bond acceptors (Lipinski definition) is 5. The van der Waals surface area contributed by atoms with Crippen LogP contribution in [0.1, 0.15) is 18.4 Å². The van der Waals surface area contributed by atoms with Crippen molar-refractivity contribution >= 4 is 0 Å². The van der Waals surface area contributed by atoms with E-state index in [-0.39, 0.29) is 6.10 Å². The number of rotatable bonds is 10. The van der Waals surface area contributed by atoms with E-state index in [4.69, 9.17) is 14.2 Å². The molecule has 1 heterocycles. The quantitative estimate of drug-likeness (QED) is 0.712. The highest BCUT2D eigenvalue weighted by atomic mass is 16.5. The van der Waals surface area contributed by atoms with Crippen molar-refractivity contribution in [3.63, 3.8) is 0 Å². The zero-order chi connectivity index (χ0) is 16.5. The van der Waals surface area contributed by atoms with Crippen molar-refractivity contribution in [2.45, 2.75) is 32.0 Å². The average Bonchev–Trinajstić information content (AvgIpc) is 3.02. The van der Waals surface area contributed by atoms with Crippen LogP contribution in [0.15, 0.2) is 24.3 Å². The molecule has 0 aliphatic carbocycles. The number of hydrogen-bond donors (Lipinski definition) is 1. The topological polar surface area (TPSA) is 51.2 Å². The first-order chi connectivity index (χ1) is 11.1. The zero-order valence-electron chi connectivity index (χ0n) is 14.2. The van der Waals surface area contributed by atoms with E-state index in [1.54, 1.807) is 0 Å². The van der Waals surface area contributed by atoms with Crippen LogP contribution < -0.4 is 4.74 Å². The second kappa shape index (κ2) is 9.88. The number of likely N-dealkylation sites (N-methyl/N-ethyl adjacent to an activating group) is 1. The molecule has 0 saturated carbocycles. The summed E-state index contributed by atoms with van der Waals surface area (Å²) in [4.78, 5) is 2.05. The summed E-state index contributed by atoms with van der Waals surface area (Å²) in [7, 11) is 1.97. The standard InChI is InChI=1S/C18H29NO4/c1-15-5-7-17(8-6-15)23-11-9-19(2)12-16(20)13-21-14-18-4-3-10-22-18/h5-8,16,18,20H,3-4,9-14H2,1-2H3. The fourth-order valence-corrected chi connectivity index (χ4v) is 2.57. The Morgan fingerprint density at radius 1 is 1.35 bits per heavy atom. The van der Waals surface area contributed by atoms with Gasteiger partial charge >= 0.3 is 0 Å². The maximum atomic E-state index is 9.99. The fraction of sp³-hybridized carbons (Fsp3) is 0.667. The second-order valence-electron chi connectivity index (χ2n) is 6.25. The van der Waals surface area contributed by atoms with Gasteiger partial charge in [0.2, 0.25) is 0 Å². The van der Waals surface area contributed by atoms with Gasteiger partial charge in [0.1, 0.15) is 12.4 Å². The molecule has 5 nitrogen and oxygen atoms in total. The minimum absolute atomic E-state index is 0.211. The first-order valence-electron chi connectivity index (χ1n) is 8.39. The molecular weight excluding hydrogens is 294 g/mol. The summed E-state index contributed by atoms with van der Waals surface area (Å²) in [5.41, 5.74) is 1.22. The van der Waals surface area contributed by atoms with Gasteiger partial charge in [-0.15, -0.1) is 0 Å². The molecule has 1 saturated heterocycles. The Morgan fingerprint density at radius 2 is 2.13 bits per heavy atom. The fourth-order valence-electron chi connectivity index (χ4n) is 2.57. The monoisotopic (exact) mass is 323 g/mol. The number of aliphatic hydroxyl groups excluding tert-OH is 1. The molecule has 0 bridgehead atoms. The normalized spacial score (nSPS) is 19.2. The van der Waals surface area contributed by atoms with E-state index in [9.17, 15) is 5.11 Å². The summed E-state index contributed by atoms with van der Waals surface area (Å²) in [6.07, 6.45) is 1.90. The molecule has 1 aromatic carbocycles. The molecular formula is C18H29NO4. The number of aryl methyl sites for hydroxylation is 1. The van der Waals surface area contributed by atoms with Crippen LogP contribution in [0.3, 0.4) is 0 Å². The van der Waals surface area contributed by atoms with Gasteiger partial charge in [-0.1, -0.05) is 17.7 Å². The van der Waals surface area contributed by atoms with Crippen molar-refractivity contribution in [2.75, 3.05) is 46.6 Å². The molecule has 1 aliphatic heterocycles. The first-order valence-corrected chi connectivity index (χ1v) is 8.39. The summed E-state index contributed by atoms with van der Waals surface area (Å²) in [5, 5.41) is 9.99. The zero-order valence-corrected chi connectivity index (χ0v) is 14.2. The lowest BCUT2D eigenvalue weighted by atomic mass is 10.2. The molecule has 0 radical (unpaired) electrons. The molecule has 0 amide bonds. The Labute approximate surface area is 139 Å². The highest BCUT2D eigenvalue weighted by molar-refractivity contribution is 5.26. The van der Waals surface area contributed by atoms with Crippen LogP contribution in [0.2, 0.25) is 0 Å². The van der Waals surface area contributed by atoms with Crippen LogP contribution in [0.5, 0.6) is 5.75 Å². The average molecular weight is 323 g/mol. The van der Waals surface area contributed by atoms with E-state index >= 15 is 0 Å². The van der Waals surface area contributed by atoms with Crippen molar-refractivity contribution in [1.82, 2.24) is 4.90 Å². The molecule has 2 atom stereocenters. The Hall–Kier alpha value is -1.14. The van der Waals surface area contributed by atoms with E-state index in [0.29, 0.717) is 26.4 Å². The molecule has 130 valence electrons. The smallest absolute Gasteiger partial charge is 0.119 e. The third-order valence-corrected chi connectivity index (χ3v) is 3.92. The highest BCUT2D eigenvalue weighted by Crippen LogP contribution is 2.12. The van der Waals surface area contributed by atoms with Gasteiger partial charge in [-0.25, -0.2) is 0 Å². The molecule has 1 fully saturated rings. The van der Waals surface area contributed by atoms with Crippen LogP contribution >= 0.6 is 0 Å². The highest BCUT2D eigenvalue weighted by Gasteiger charge is 2.16. The van der Waals surface area contributed by atoms with Gasteiger partial charge in [-0.2, -0.15) is 0 Å². The summed E-state index contributed by atoms with van der Waals surface area (Å²) >= 11 is 0. The predicted molar refractivity (Wildman–Crippen MR) is 90.0 cm³/mol. The maximum absolute atomic E-state index is 9.99. The molecule has 1 aliphatic rings. The SMILES string of the molecule is Cc1ccc(OCCN(C)CC(O)COCC2CCCO2)cc1. The predicted octanol–water partition coefficient (Wildman–Crippen LogP) is 1.86. The first kappa shape index (κ1) is 18.2. The van der Waals surface area contributed by atoms with Crippen molar-refractivity contribution in [3.8, 4) is 5.75 Å². The van der Waals surface area contributed by atoms with E-state index in [1.807, 2.05) is 36.2 Å². The molecule has 2 rings (SSSR count). The summed E-state index contributed by atoms with van der Waals surface area (Å²) in [6, 6.07) is 8.02. The summed E-state index contributed by atoms with van der Waals surface area (Å²) < 4.78 is 16.7. The van der Waals surface area contributed by atoms with Crippen molar-refractivity contribution in [3.05, 3.63) is 29.8 Å². The van der Waals surface area contributed by atoms with Crippen molar-refractivity contribution in [1.29, 1.82) is 0 Å². The molecule has 5 heteroatoms. The van der Waals surface area contributed by atoms with Crippen molar-refractivity contribution < 1.29 is 19.3 Å². The Bertz CT molecular complexity index is 431. The van der Waals surface area contributed by atoms with Gasteiger partial charge < -0.3 is 24.2 Å². The lowest BCUT2D eigenvalue weighted by Gasteiger charge is -2.21. The molecule has 1 N–H and O–H groups in total. The van der Waals surface area contributed by atoms with E-state index in [1.165, 1.54) is 5.56 Å². The van der Waals surface area contributed by atoms with Crippen LogP contribution in [0.25, 0.3) is 0 Å². The van der Waals surface area contributed by atoms with Gasteiger partial charge in [-0.05, 0) is 38.9 Å². The molecule has 0 aromatic heterocycles. The van der Waals surface area contributed by atoms with Gasteiger partial charge in [-0.3, -0.25) is 0 Å². The summed E-state index contributed by atoms with van der Waals surface area (Å²) in [6.45, 7) is 5.75. The van der Waals surface area contributed by atoms with Gasteiger partial charge in [0.15, 0.2) is 0 Å². The van der Waals surface area contributed by atoms with Crippen LogP contribution in [-0.2, 0) is 9.47 Å². The molecule has 0 spiro atoms. The molecule has 23 heavy (non-hydrogen) atoms. The largest absolute Gasteiger partial charge is 0.492 e. The van der Waals surface area contributed by atoms with E-state index < -0.39 is 6.10 Å². The Kier molecular flexibility index (Phi) is 7.82. The van der Waals surface area contributed by atoms with E-state index in [0.717, 1.165) is 31.7 Å². The van der Waals surface area contributed by atoms with Crippen LogP contribution in [0, 0.1) is 6.92 Å². The molecule has 2 unspecified atom stereocenters. The van der Waals surface area contributed by atoms with Crippen LogP contribution in [-0.4, -0.2) is 68.8 Å². The van der Waals surface area contributed by atoms with Gasteiger partial charge in [0.25, 0.3) is 0 Å². The Balaban J connectivity index is 1.52. The third-order valence-electron chi connectivity index (χ3n) is 3.92. The summed E-state index contributed by atoms with van der Waals surface area (Å²) in [5.74, 6) is 0.879. The lowest BCUT2D eigenvalue weighted by Crippen LogP contribution is -2.35. The second-order valence-corrected chi connectivity index (χ2v) is 6.25. The number of aliphatic hydroxyl groups is 1.